The fourth-order valence-corrected chi connectivity index (χ4v) is 4.20. The SMILES string of the molecule is CN(C(=O)c1cc(Br)c(Br)s1)C1CCCNCC1. The van der Waals surface area contributed by atoms with Crippen molar-refractivity contribution in [2.45, 2.75) is 25.3 Å². The van der Waals surface area contributed by atoms with Gasteiger partial charge in [-0.05, 0) is 70.3 Å². The van der Waals surface area contributed by atoms with Crippen LogP contribution in [0.5, 0.6) is 0 Å². The van der Waals surface area contributed by atoms with Gasteiger partial charge in [0.2, 0.25) is 0 Å². The van der Waals surface area contributed by atoms with Crippen LogP contribution in [0.25, 0.3) is 0 Å². The Labute approximate surface area is 128 Å². The second kappa shape index (κ2) is 6.50. The molecule has 0 radical (unpaired) electrons. The summed E-state index contributed by atoms with van der Waals surface area (Å²) in [7, 11) is 1.92. The molecule has 1 aromatic heterocycles. The van der Waals surface area contributed by atoms with Crippen LogP contribution in [-0.4, -0.2) is 37.0 Å². The number of halogens is 2. The zero-order chi connectivity index (χ0) is 13.1. The Kier molecular flexibility index (Phi) is 5.24. The van der Waals surface area contributed by atoms with E-state index in [1.807, 2.05) is 18.0 Å². The van der Waals surface area contributed by atoms with Gasteiger partial charge in [0.1, 0.15) is 0 Å². The lowest BCUT2D eigenvalue weighted by Gasteiger charge is -2.26. The average molecular weight is 396 g/mol. The van der Waals surface area contributed by atoms with Gasteiger partial charge in [-0.3, -0.25) is 4.79 Å². The molecule has 0 spiro atoms. The maximum Gasteiger partial charge on any atom is 0.263 e. The van der Waals surface area contributed by atoms with Gasteiger partial charge in [-0.1, -0.05) is 0 Å². The van der Waals surface area contributed by atoms with Gasteiger partial charge in [0.05, 0.1) is 8.66 Å². The molecule has 1 unspecified atom stereocenters. The predicted octanol–water partition coefficient (Wildman–Crippen LogP) is 3.49. The van der Waals surface area contributed by atoms with Crippen molar-refractivity contribution in [2.24, 2.45) is 0 Å². The van der Waals surface area contributed by atoms with E-state index in [1.54, 1.807) is 0 Å². The summed E-state index contributed by atoms with van der Waals surface area (Å²) in [6.07, 6.45) is 3.26. The first-order valence-electron chi connectivity index (χ1n) is 6.02. The Morgan fingerprint density at radius 3 is 2.89 bits per heavy atom. The van der Waals surface area contributed by atoms with E-state index < -0.39 is 0 Å². The minimum atomic E-state index is 0.123. The molecule has 2 rings (SSSR count). The minimum Gasteiger partial charge on any atom is -0.338 e. The van der Waals surface area contributed by atoms with Gasteiger partial charge in [-0.25, -0.2) is 0 Å². The molecule has 6 heteroatoms. The lowest BCUT2D eigenvalue weighted by atomic mass is 10.1. The standard InChI is InChI=1S/C12H16Br2N2OS/c1-16(8-3-2-5-15-6-4-8)12(17)10-7-9(13)11(14)18-10/h7-8,15H,2-6H2,1H3. The summed E-state index contributed by atoms with van der Waals surface area (Å²) in [6.45, 7) is 2.06. The zero-order valence-corrected chi connectivity index (χ0v) is 14.2. The molecule has 1 N–H and O–H groups in total. The van der Waals surface area contributed by atoms with Crippen molar-refractivity contribution in [2.75, 3.05) is 20.1 Å². The van der Waals surface area contributed by atoms with Gasteiger partial charge in [0.15, 0.2) is 0 Å². The fourth-order valence-electron chi connectivity index (χ4n) is 2.18. The molecule has 2 heterocycles. The molecule has 1 fully saturated rings. The first kappa shape index (κ1) is 14.5. The van der Waals surface area contributed by atoms with Crippen LogP contribution >= 0.6 is 43.2 Å². The van der Waals surface area contributed by atoms with Crippen LogP contribution < -0.4 is 5.32 Å². The Morgan fingerprint density at radius 1 is 1.44 bits per heavy atom. The summed E-state index contributed by atoms with van der Waals surface area (Å²) in [5, 5.41) is 3.37. The highest BCUT2D eigenvalue weighted by molar-refractivity contribution is 9.13. The molecule has 1 saturated heterocycles. The Bertz CT molecular complexity index is 408. The van der Waals surface area contributed by atoms with E-state index in [1.165, 1.54) is 11.3 Å². The maximum absolute atomic E-state index is 12.4. The Hall–Kier alpha value is 0.0900. The summed E-state index contributed by atoms with van der Waals surface area (Å²) >= 11 is 8.34. The second-order valence-electron chi connectivity index (χ2n) is 4.48. The van der Waals surface area contributed by atoms with Crippen LogP contribution in [0.15, 0.2) is 14.3 Å². The van der Waals surface area contributed by atoms with Crippen molar-refractivity contribution in [3.8, 4) is 0 Å². The quantitative estimate of drug-likeness (QED) is 0.831. The van der Waals surface area contributed by atoms with E-state index in [0.29, 0.717) is 6.04 Å². The predicted molar refractivity (Wildman–Crippen MR) is 82.3 cm³/mol. The molecule has 1 aliphatic rings. The van der Waals surface area contributed by atoms with E-state index in [4.69, 9.17) is 0 Å². The molecule has 18 heavy (non-hydrogen) atoms. The van der Waals surface area contributed by atoms with Crippen molar-refractivity contribution < 1.29 is 4.79 Å². The normalized spacial score (nSPS) is 20.5. The summed E-state index contributed by atoms with van der Waals surface area (Å²) in [4.78, 5) is 15.1. The molecular weight excluding hydrogens is 380 g/mol. The highest BCUT2D eigenvalue weighted by atomic mass is 79.9. The Balaban J connectivity index is 2.07. The topological polar surface area (TPSA) is 32.3 Å². The summed E-state index contributed by atoms with van der Waals surface area (Å²) in [5.41, 5.74) is 0. The van der Waals surface area contributed by atoms with E-state index >= 15 is 0 Å². The van der Waals surface area contributed by atoms with E-state index in [-0.39, 0.29) is 5.91 Å². The number of amides is 1. The van der Waals surface area contributed by atoms with Gasteiger partial charge in [0.25, 0.3) is 5.91 Å². The smallest absolute Gasteiger partial charge is 0.263 e. The largest absolute Gasteiger partial charge is 0.338 e. The molecule has 1 aliphatic heterocycles. The number of thiophene rings is 1. The Morgan fingerprint density at radius 2 is 2.22 bits per heavy atom. The molecule has 0 saturated carbocycles. The lowest BCUT2D eigenvalue weighted by Crippen LogP contribution is -2.37. The maximum atomic E-state index is 12.4. The highest BCUT2D eigenvalue weighted by Gasteiger charge is 2.23. The van der Waals surface area contributed by atoms with Crippen LogP contribution in [0, 0.1) is 0 Å². The van der Waals surface area contributed by atoms with Crippen molar-refractivity contribution in [3.05, 3.63) is 19.2 Å². The highest BCUT2D eigenvalue weighted by Crippen LogP contribution is 2.33. The summed E-state index contributed by atoms with van der Waals surface area (Å²) in [6, 6.07) is 2.25. The number of hydrogen-bond acceptors (Lipinski definition) is 3. The average Bonchev–Trinajstić information content (AvgIpc) is 2.61. The van der Waals surface area contributed by atoms with E-state index in [2.05, 4.69) is 37.2 Å². The number of hydrogen-bond donors (Lipinski definition) is 1. The van der Waals surface area contributed by atoms with Crippen LogP contribution in [-0.2, 0) is 0 Å². The molecule has 0 aromatic carbocycles. The monoisotopic (exact) mass is 394 g/mol. The third kappa shape index (κ3) is 3.35. The summed E-state index contributed by atoms with van der Waals surface area (Å²) in [5.74, 6) is 0.123. The number of nitrogens with zero attached hydrogens (tertiary/aromatic N) is 1. The van der Waals surface area contributed by atoms with Gasteiger partial charge in [0, 0.05) is 17.6 Å². The molecular formula is C12H16Br2N2OS. The van der Waals surface area contributed by atoms with Gasteiger partial charge in [-0.2, -0.15) is 0 Å². The third-order valence-electron chi connectivity index (χ3n) is 3.27. The summed E-state index contributed by atoms with van der Waals surface area (Å²) < 4.78 is 1.92. The number of nitrogens with one attached hydrogen (secondary N) is 1. The molecule has 0 aliphatic carbocycles. The van der Waals surface area contributed by atoms with Crippen LogP contribution in [0.3, 0.4) is 0 Å². The second-order valence-corrected chi connectivity index (χ2v) is 7.71. The van der Waals surface area contributed by atoms with Crippen LogP contribution in [0.1, 0.15) is 28.9 Å². The van der Waals surface area contributed by atoms with Crippen LogP contribution in [0.4, 0.5) is 0 Å². The molecule has 100 valence electrons. The first-order valence-corrected chi connectivity index (χ1v) is 8.42. The molecule has 1 atom stereocenters. The fraction of sp³-hybridized carbons (Fsp3) is 0.583. The van der Waals surface area contributed by atoms with Crippen molar-refractivity contribution in [3.63, 3.8) is 0 Å². The van der Waals surface area contributed by atoms with Crippen molar-refractivity contribution >= 4 is 49.1 Å². The molecule has 0 bridgehead atoms. The molecule has 1 amide bonds. The molecule has 3 nitrogen and oxygen atoms in total. The number of carbonyl (C=O) groups excluding carboxylic acids is 1. The first-order chi connectivity index (χ1) is 8.59. The third-order valence-corrected chi connectivity index (χ3v) is 6.51. The lowest BCUT2D eigenvalue weighted by molar-refractivity contribution is 0.0725. The number of carbonyl (C=O) groups is 1. The molecule has 1 aromatic rings. The van der Waals surface area contributed by atoms with Gasteiger partial charge in [-0.15, -0.1) is 11.3 Å². The minimum absolute atomic E-state index is 0.123. The number of rotatable bonds is 2. The van der Waals surface area contributed by atoms with Gasteiger partial charge < -0.3 is 10.2 Å². The van der Waals surface area contributed by atoms with Crippen LogP contribution in [0.2, 0.25) is 0 Å². The van der Waals surface area contributed by atoms with Crippen molar-refractivity contribution in [1.29, 1.82) is 0 Å². The van der Waals surface area contributed by atoms with E-state index in [0.717, 1.165) is 45.5 Å². The zero-order valence-electron chi connectivity index (χ0n) is 10.2. The van der Waals surface area contributed by atoms with E-state index in [9.17, 15) is 4.79 Å². The van der Waals surface area contributed by atoms with Crippen molar-refractivity contribution in [1.82, 2.24) is 10.2 Å². The van der Waals surface area contributed by atoms with Gasteiger partial charge >= 0.3 is 0 Å².